The highest BCUT2D eigenvalue weighted by Gasteiger charge is 2.43. The van der Waals surface area contributed by atoms with Crippen LogP contribution in [-0.2, 0) is 0 Å². The van der Waals surface area contributed by atoms with Gasteiger partial charge in [0.15, 0.2) is 5.43 Å². The summed E-state index contributed by atoms with van der Waals surface area (Å²) in [5.74, 6) is -0.179. The van der Waals surface area contributed by atoms with Crippen molar-refractivity contribution >= 4 is 22.6 Å². The van der Waals surface area contributed by atoms with Gasteiger partial charge < -0.3 is 9.15 Å². The molecule has 148 valence electrons. The first-order valence-corrected chi connectivity index (χ1v) is 9.37. The van der Waals surface area contributed by atoms with Gasteiger partial charge in [-0.15, -0.1) is 0 Å². The minimum atomic E-state index is -0.734. The summed E-state index contributed by atoms with van der Waals surface area (Å²) in [7, 11) is 1.56. The molecule has 1 amide bonds. The van der Waals surface area contributed by atoms with Crippen LogP contribution >= 0.6 is 0 Å². The Morgan fingerprint density at radius 1 is 0.933 bits per heavy atom. The molecular formula is C24H16FNO4. The zero-order chi connectivity index (χ0) is 20.8. The second-order valence-corrected chi connectivity index (χ2v) is 7.00. The van der Waals surface area contributed by atoms with Crippen molar-refractivity contribution < 1.29 is 18.3 Å². The van der Waals surface area contributed by atoms with Crippen LogP contribution in [0.25, 0.3) is 11.0 Å². The zero-order valence-electron chi connectivity index (χ0n) is 16.0. The van der Waals surface area contributed by atoms with Crippen LogP contribution < -0.4 is 15.1 Å². The highest BCUT2D eigenvalue weighted by molar-refractivity contribution is 6.10. The molecule has 4 aromatic rings. The molecule has 1 aliphatic heterocycles. The molecule has 0 saturated carbocycles. The van der Waals surface area contributed by atoms with Crippen molar-refractivity contribution in [3.05, 3.63) is 106 Å². The van der Waals surface area contributed by atoms with E-state index in [1.54, 1.807) is 67.8 Å². The SMILES string of the molecule is COc1ccc(N2C(=O)c3oc4ccccc4c(=O)c3C2c2ccc(F)cc2)cc1. The van der Waals surface area contributed by atoms with Crippen LogP contribution in [0.3, 0.4) is 0 Å². The molecule has 0 N–H and O–H groups in total. The number of ether oxygens (including phenoxy) is 1. The van der Waals surface area contributed by atoms with Crippen molar-refractivity contribution in [3.8, 4) is 5.75 Å². The van der Waals surface area contributed by atoms with Crippen LogP contribution in [0, 0.1) is 5.82 Å². The molecule has 0 radical (unpaired) electrons. The maximum absolute atomic E-state index is 13.6. The monoisotopic (exact) mass is 401 g/mol. The van der Waals surface area contributed by atoms with Gasteiger partial charge in [-0.05, 0) is 54.1 Å². The van der Waals surface area contributed by atoms with Crippen LogP contribution in [0.15, 0.2) is 82.0 Å². The number of carbonyl (C=O) groups is 1. The fourth-order valence-electron chi connectivity index (χ4n) is 3.89. The molecule has 0 spiro atoms. The summed E-state index contributed by atoms with van der Waals surface area (Å²) < 4.78 is 24.6. The lowest BCUT2D eigenvalue weighted by Crippen LogP contribution is -2.29. The van der Waals surface area contributed by atoms with Crippen molar-refractivity contribution in [2.45, 2.75) is 6.04 Å². The number of nitrogens with zero attached hydrogens (tertiary/aromatic N) is 1. The topological polar surface area (TPSA) is 59.8 Å². The molecule has 1 aliphatic rings. The summed E-state index contributed by atoms with van der Waals surface area (Å²) in [6, 6.07) is 18.8. The number of benzene rings is 3. The lowest BCUT2D eigenvalue weighted by Gasteiger charge is -2.25. The number of carbonyl (C=O) groups excluding carboxylic acids is 1. The molecule has 0 saturated heterocycles. The van der Waals surface area contributed by atoms with Gasteiger partial charge >= 0.3 is 0 Å². The quantitative estimate of drug-likeness (QED) is 0.500. The Hall–Kier alpha value is -3.93. The Bertz CT molecular complexity index is 1330. The van der Waals surface area contributed by atoms with Gasteiger partial charge in [0.25, 0.3) is 5.91 Å². The molecule has 5 rings (SSSR count). The third-order valence-corrected chi connectivity index (χ3v) is 5.31. The molecule has 1 aromatic heterocycles. The second kappa shape index (κ2) is 6.84. The minimum absolute atomic E-state index is 0.00356. The molecule has 30 heavy (non-hydrogen) atoms. The van der Waals surface area contributed by atoms with Gasteiger partial charge in [-0.1, -0.05) is 24.3 Å². The summed E-state index contributed by atoms with van der Waals surface area (Å²) in [5, 5.41) is 0.396. The standard InChI is InChI=1S/C24H16FNO4/c1-29-17-12-10-16(11-13-17)26-21(14-6-8-15(25)9-7-14)20-22(27)18-4-2-3-5-19(18)30-23(20)24(26)28/h2-13,21H,1H3. The summed E-state index contributed by atoms with van der Waals surface area (Å²) in [6.45, 7) is 0. The molecule has 3 aromatic carbocycles. The van der Waals surface area contributed by atoms with Gasteiger partial charge in [0.2, 0.25) is 5.76 Å². The molecule has 2 heterocycles. The van der Waals surface area contributed by atoms with E-state index < -0.39 is 17.8 Å². The normalized spacial score (nSPS) is 15.5. The molecule has 0 bridgehead atoms. The highest BCUT2D eigenvalue weighted by Crippen LogP contribution is 2.41. The number of hydrogen-bond donors (Lipinski definition) is 0. The van der Waals surface area contributed by atoms with Gasteiger partial charge in [-0.3, -0.25) is 14.5 Å². The first-order valence-electron chi connectivity index (χ1n) is 9.37. The summed E-state index contributed by atoms with van der Waals surface area (Å²) >= 11 is 0. The maximum Gasteiger partial charge on any atom is 0.295 e. The largest absolute Gasteiger partial charge is 0.497 e. The molecule has 1 atom stereocenters. The van der Waals surface area contributed by atoms with E-state index in [1.165, 1.54) is 17.0 Å². The number of rotatable bonds is 3. The second-order valence-electron chi connectivity index (χ2n) is 7.00. The van der Waals surface area contributed by atoms with E-state index in [9.17, 15) is 14.0 Å². The van der Waals surface area contributed by atoms with Crippen molar-refractivity contribution in [1.82, 2.24) is 0 Å². The van der Waals surface area contributed by atoms with Crippen LogP contribution in [0.2, 0.25) is 0 Å². The number of methoxy groups -OCH3 is 1. The van der Waals surface area contributed by atoms with Crippen LogP contribution in [0.1, 0.15) is 27.7 Å². The van der Waals surface area contributed by atoms with E-state index in [0.29, 0.717) is 28.0 Å². The molecule has 6 heteroatoms. The molecule has 1 unspecified atom stereocenters. The number of para-hydroxylation sites is 1. The first-order chi connectivity index (χ1) is 14.6. The minimum Gasteiger partial charge on any atom is -0.497 e. The zero-order valence-corrected chi connectivity index (χ0v) is 16.0. The van der Waals surface area contributed by atoms with E-state index in [4.69, 9.17) is 9.15 Å². The van der Waals surface area contributed by atoms with E-state index in [2.05, 4.69) is 0 Å². The number of hydrogen-bond acceptors (Lipinski definition) is 4. The van der Waals surface area contributed by atoms with Gasteiger partial charge in [0.1, 0.15) is 17.1 Å². The van der Waals surface area contributed by atoms with Crippen molar-refractivity contribution in [2.24, 2.45) is 0 Å². The number of fused-ring (bicyclic) bond motifs is 2. The van der Waals surface area contributed by atoms with E-state index in [-0.39, 0.29) is 16.8 Å². The fourth-order valence-corrected chi connectivity index (χ4v) is 3.89. The van der Waals surface area contributed by atoms with Crippen LogP contribution in [0.4, 0.5) is 10.1 Å². The van der Waals surface area contributed by atoms with Crippen LogP contribution in [0.5, 0.6) is 5.75 Å². The number of amides is 1. The van der Waals surface area contributed by atoms with E-state index >= 15 is 0 Å². The summed E-state index contributed by atoms with van der Waals surface area (Å²) in [6.07, 6.45) is 0. The maximum atomic E-state index is 13.6. The Balaban J connectivity index is 1.78. The average Bonchev–Trinajstić information content (AvgIpc) is 3.07. The van der Waals surface area contributed by atoms with Crippen LogP contribution in [-0.4, -0.2) is 13.0 Å². The number of anilines is 1. The summed E-state index contributed by atoms with van der Waals surface area (Å²) in [4.78, 5) is 28.2. The van der Waals surface area contributed by atoms with Gasteiger partial charge in [0.05, 0.1) is 24.1 Å². The predicted octanol–water partition coefficient (Wildman–Crippen LogP) is 4.69. The third-order valence-electron chi connectivity index (χ3n) is 5.31. The smallest absolute Gasteiger partial charge is 0.295 e. The Morgan fingerprint density at radius 3 is 2.33 bits per heavy atom. The van der Waals surface area contributed by atoms with Crippen molar-refractivity contribution in [3.63, 3.8) is 0 Å². The van der Waals surface area contributed by atoms with Gasteiger partial charge in [-0.2, -0.15) is 0 Å². The predicted molar refractivity (Wildman–Crippen MR) is 111 cm³/mol. The molecule has 0 aliphatic carbocycles. The Morgan fingerprint density at radius 2 is 1.63 bits per heavy atom. The average molecular weight is 401 g/mol. The van der Waals surface area contributed by atoms with E-state index in [0.717, 1.165) is 0 Å². The molecule has 5 nitrogen and oxygen atoms in total. The van der Waals surface area contributed by atoms with Gasteiger partial charge in [-0.25, -0.2) is 4.39 Å². The van der Waals surface area contributed by atoms with Crippen molar-refractivity contribution in [2.75, 3.05) is 12.0 Å². The highest BCUT2D eigenvalue weighted by atomic mass is 19.1. The number of halogens is 1. The first kappa shape index (κ1) is 18.1. The summed E-state index contributed by atoms with van der Waals surface area (Å²) in [5.41, 5.74) is 1.52. The Kier molecular flexibility index (Phi) is 4.13. The van der Waals surface area contributed by atoms with E-state index in [1.807, 2.05) is 0 Å². The molecular weight excluding hydrogens is 385 g/mol. The lowest BCUT2D eigenvalue weighted by molar-refractivity contribution is 0.0971. The fraction of sp³-hybridized carbons (Fsp3) is 0.0833. The van der Waals surface area contributed by atoms with Crippen molar-refractivity contribution in [1.29, 1.82) is 0 Å². The third kappa shape index (κ3) is 2.69. The lowest BCUT2D eigenvalue weighted by atomic mass is 9.98. The van der Waals surface area contributed by atoms with Gasteiger partial charge in [0, 0.05) is 5.69 Å². The molecule has 0 fully saturated rings. The Labute approximate surface area is 170 Å².